The number of anilines is 1. The van der Waals surface area contributed by atoms with Gasteiger partial charge in [0.05, 0.1) is 5.52 Å². The number of benzene rings is 1. The zero-order valence-electron chi connectivity index (χ0n) is 16.3. The van der Waals surface area contributed by atoms with Gasteiger partial charge < -0.3 is 14.5 Å². The fourth-order valence-electron chi connectivity index (χ4n) is 3.38. The lowest BCUT2D eigenvalue weighted by molar-refractivity contribution is 0.0277. The van der Waals surface area contributed by atoms with E-state index in [1.54, 1.807) is 18.3 Å². The molecule has 1 aliphatic rings. The molecule has 3 rings (SSSR count). The van der Waals surface area contributed by atoms with E-state index in [1.807, 2.05) is 26.8 Å². The van der Waals surface area contributed by atoms with Gasteiger partial charge in [-0.2, -0.15) is 0 Å². The molecule has 0 spiro atoms. The Hall–Kier alpha value is -2.37. The second kappa shape index (κ2) is 7.09. The summed E-state index contributed by atoms with van der Waals surface area (Å²) in [5.41, 5.74) is 1.70. The van der Waals surface area contributed by atoms with Crippen LogP contribution in [0.3, 0.4) is 0 Å². The van der Waals surface area contributed by atoms with Gasteiger partial charge in [0, 0.05) is 32.1 Å². The van der Waals surface area contributed by atoms with Crippen molar-refractivity contribution in [3.63, 3.8) is 0 Å². The number of rotatable bonds is 3. The number of amides is 1. The molecule has 1 fully saturated rings. The van der Waals surface area contributed by atoms with Crippen LogP contribution in [0.25, 0.3) is 10.9 Å². The molecule has 1 unspecified atom stereocenters. The molecular weight excluding hydrogens is 328 g/mol. The van der Waals surface area contributed by atoms with Gasteiger partial charge >= 0.3 is 6.09 Å². The van der Waals surface area contributed by atoms with Crippen molar-refractivity contribution in [3.05, 3.63) is 30.1 Å². The molecule has 0 saturated carbocycles. The average molecular weight is 356 g/mol. The van der Waals surface area contributed by atoms with Crippen LogP contribution in [0.4, 0.5) is 10.6 Å². The van der Waals surface area contributed by atoms with Gasteiger partial charge in [0.1, 0.15) is 17.7 Å². The Labute approximate surface area is 155 Å². The lowest BCUT2D eigenvalue weighted by atomic mass is 10.1. The molecule has 2 heterocycles. The van der Waals surface area contributed by atoms with Gasteiger partial charge in [-0.1, -0.05) is 11.6 Å². The quantitative estimate of drug-likeness (QED) is 0.840. The third-order valence-corrected chi connectivity index (χ3v) is 4.59. The Morgan fingerprint density at radius 2 is 2.12 bits per heavy atom. The van der Waals surface area contributed by atoms with Gasteiger partial charge in [-0.15, -0.1) is 0 Å². The summed E-state index contributed by atoms with van der Waals surface area (Å²) in [5, 5.41) is 1.09. The fourth-order valence-corrected chi connectivity index (χ4v) is 3.38. The molecule has 0 N–H and O–H groups in total. The molecule has 140 valence electrons. The first-order valence-electron chi connectivity index (χ1n) is 9.13. The van der Waals surface area contributed by atoms with Crippen LogP contribution >= 0.6 is 0 Å². The summed E-state index contributed by atoms with van der Waals surface area (Å²) < 4.78 is 5.44. The lowest BCUT2D eigenvalue weighted by Gasteiger charge is -2.26. The smallest absolute Gasteiger partial charge is 0.410 e. The van der Waals surface area contributed by atoms with E-state index in [4.69, 9.17) is 4.74 Å². The van der Waals surface area contributed by atoms with Crippen LogP contribution in [0.15, 0.2) is 24.5 Å². The molecule has 1 aliphatic heterocycles. The summed E-state index contributed by atoms with van der Waals surface area (Å²) in [4.78, 5) is 25.1. The van der Waals surface area contributed by atoms with Gasteiger partial charge in [-0.05, 0) is 52.2 Å². The van der Waals surface area contributed by atoms with E-state index < -0.39 is 5.60 Å². The van der Waals surface area contributed by atoms with Crippen molar-refractivity contribution in [2.24, 2.45) is 5.92 Å². The van der Waals surface area contributed by atoms with Crippen molar-refractivity contribution in [1.82, 2.24) is 14.9 Å². The predicted octanol–water partition coefficient (Wildman–Crippen LogP) is 3.63. The SMILES string of the molecule is Cc1ccc2ncnc(N3CCC(CN(C)C(=O)OC(C)(C)C)C3)c2c1. The van der Waals surface area contributed by atoms with E-state index >= 15 is 0 Å². The number of aryl methyl sites for hydroxylation is 1. The molecule has 6 heteroatoms. The number of ether oxygens (including phenoxy) is 1. The van der Waals surface area contributed by atoms with E-state index in [9.17, 15) is 4.79 Å². The van der Waals surface area contributed by atoms with Crippen molar-refractivity contribution < 1.29 is 9.53 Å². The van der Waals surface area contributed by atoms with Gasteiger partial charge in [-0.3, -0.25) is 0 Å². The molecule has 1 saturated heterocycles. The van der Waals surface area contributed by atoms with Crippen LogP contribution in [0, 0.1) is 12.8 Å². The van der Waals surface area contributed by atoms with E-state index in [0.29, 0.717) is 12.5 Å². The number of aromatic nitrogens is 2. The van der Waals surface area contributed by atoms with Crippen molar-refractivity contribution in [3.8, 4) is 0 Å². The Morgan fingerprint density at radius 3 is 2.85 bits per heavy atom. The second-order valence-corrected chi connectivity index (χ2v) is 8.18. The van der Waals surface area contributed by atoms with Crippen molar-refractivity contribution in [2.45, 2.75) is 39.7 Å². The van der Waals surface area contributed by atoms with E-state index in [1.165, 1.54) is 5.56 Å². The summed E-state index contributed by atoms with van der Waals surface area (Å²) in [6, 6.07) is 6.26. The summed E-state index contributed by atoms with van der Waals surface area (Å²) in [6.07, 6.45) is 2.40. The lowest BCUT2D eigenvalue weighted by Crippen LogP contribution is -2.37. The Bertz CT molecular complexity index is 800. The molecule has 0 radical (unpaired) electrons. The Kier molecular flexibility index (Phi) is 5.03. The van der Waals surface area contributed by atoms with E-state index in [-0.39, 0.29) is 6.09 Å². The van der Waals surface area contributed by atoms with Crippen LogP contribution in [0.2, 0.25) is 0 Å². The first-order valence-corrected chi connectivity index (χ1v) is 9.13. The highest BCUT2D eigenvalue weighted by molar-refractivity contribution is 5.89. The predicted molar refractivity (Wildman–Crippen MR) is 103 cm³/mol. The maximum absolute atomic E-state index is 12.2. The van der Waals surface area contributed by atoms with Gasteiger partial charge in [0.25, 0.3) is 0 Å². The van der Waals surface area contributed by atoms with E-state index in [0.717, 1.165) is 36.2 Å². The zero-order chi connectivity index (χ0) is 18.9. The highest BCUT2D eigenvalue weighted by Gasteiger charge is 2.28. The summed E-state index contributed by atoms with van der Waals surface area (Å²) in [7, 11) is 1.81. The number of hydrogen-bond donors (Lipinski definition) is 0. The minimum atomic E-state index is -0.467. The molecule has 26 heavy (non-hydrogen) atoms. The molecule has 0 bridgehead atoms. The molecule has 1 amide bonds. The molecule has 1 aromatic carbocycles. The Balaban J connectivity index is 1.68. The molecule has 6 nitrogen and oxygen atoms in total. The molecule has 1 atom stereocenters. The molecule has 0 aliphatic carbocycles. The largest absolute Gasteiger partial charge is 0.444 e. The van der Waals surface area contributed by atoms with E-state index in [2.05, 4.69) is 33.9 Å². The average Bonchev–Trinajstić information content (AvgIpc) is 3.00. The van der Waals surface area contributed by atoms with Crippen LogP contribution in [0.1, 0.15) is 32.8 Å². The fraction of sp³-hybridized carbons (Fsp3) is 0.550. The summed E-state index contributed by atoms with van der Waals surface area (Å²) in [6.45, 7) is 10.3. The molecule has 2 aromatic rings. The third-order valence-electron chi connectivity index (χ3n) is 4.59. The monoisotopic (exact) mass is 356 g/mol. The molecular formula is C20H28N4O2. The minimum Gasteiger partial charge on any atom is -0.444 e. The maximum atomic E-state index is 12.2. The van der Waals surface area contributed by atoms with Gasteiger partial charge in [0.15, 0.2) is 0 Å². The maximum Gasteiger partial charge on any atom is 0.410 e. The van der Waals surface area contributed by atoms with Crippen LogP contribution in [-0.2, 0) is 4.74 Å². The standard InChI is InChI=1S/C20H28N4O2/c1-14-6-7-17-16(10-14)18(22-13-21-17)24-9-8-15(12-24)11-23(5)19(25)26-20(2,3)4/h6-7,10,13,15H,8-9,11-12H2,1-5H3. The number of fused-ring (bicyclic) bond motifs is 1. The number of carbonyl (C=O) groups excluding carboxylic acids is 1. The minimum absolute atomic E-state index is 0.265. The highest BCUT2D eigenvalue weighted by Crippen LogP contribution is 2.29. The van der Waals surface area contributed by atoms with Gasteiger partial charge in [0.2, 0.25) is 0 Å². The third kappa shape index (κ3) is 4.23. The van der Waals surface area contributed by atoms with Gasteiger partial charge in [-0.25, -0.2) is 14.8 Å². The van der Waals surface area contributed by atoms with Crippen molar-refractivity contribution >= 4 is 22.8 Å². The van der Waals surface area contributed by atoms with Crippen LogP contribution in [-0.4, -0.2) is 53.2 Å². The van der Waals surface area contributed by atoms with Crippen LogP contribution < -0.4 is 4.90 Å². The first-order chi connectivity index (χ1) is 12.2. The number of nitrogens with zero attached hydrogens (tertiary/aromatic N) is 4. The second-order valence-electron chi connectivity index (χ2n) is 8.18. The van der Waals surface area contributed by atoms with Crippen molar-refractivity contribution in [2.75, 3.05) is 31.6 Å². The molecule has 1 aromatic heterocycles. The van der Waals surface area contributed by atoms with Crippen molar-refractivity contribution in [1.29, 1.82) is 0 Å². The number of carbonyl (C=O) groups is 1. The number of hydrogen-bond acceptors (Lipinski definition) is 5. The zero-order valence-corrected chi connectivity index (χ0v) is 16.3. The topological polar surface area (TPSA) is 58.6 Å². The normalized spacial score (nSPS) is 17.6. The summed E-state index contributed by atoms with van der Waals surface area (Å²) in [5.74, 6) is 1.39. The summed E-state index contributed by atoms with van der Waals surface area (Å²) >= 11 is 0. The first kappa shape index (κ1) is 18.4. The van der Waals surface area contributed by atoms with Crippen LogP contribution in [0.5, 0.6) is 0 Å². The Morgan fingerprint density at radius 1 is 1.35 bits per heavy atom. The highest BCUT2D eigenvalue weighted by atomic mass is 16.6.